The van der Waals surface area contributed by atoms with Gasteiger partial charge in [-0.15, -0.1) is 0 Å². The third-order valence-electron chi connectivity index (χ3n) is 3.39. The van der Waals surface area contributed by atoms with Crippen molar-refractivity contribution in [2.75, 3.05) is 14.2 Å². The summed E-state index contributed by atoms with van der Waals surface area (Å²) in [6.45, 7) is 0. The van der Waals surface area contributed by atoms with Crippen LogP contribution in [-0.4, -0.2) is 14.2 Å². The SMILES string of the molecule is CNC(Cc1cccc(OC)c1F)c1cccc(Cl)c1F. The Bertz CT molecular complexity index is 634. The second-order valence-electron chi connectivity index (χ2n) is 4.62. The van der Waals surface area contributed by atoms with Crippen molar-refractivity contribution in [1.29, 1.82) is 0 Å². The van der Waals surface area contributed by atoms with Crippen molar-refractivity contribution in [3.63, 3.8) is 0 Å². The molecule has 2 aromatic carbocycles. The van der Waals surface area contributed by atoms with Crippen molar-refractivity contribution in [2.24, 2.45) is 0 Å². The van der Waals surface area contributed by atoms with Crippen LogP contribution in [0.15, 0.2) is 36.4 Å². The van der Waals surface area contributed by atoms with Gasteiger partial charge in [0, 0.05) is 11.6 Å². The highest BCUT2D eigenvalue weighted by atomic mass is 35.5. The van der Waals surface area contributed by atoms with E-state index in [1.807, 2.05) is 0 Å². The molecule has 0 aliphatic heterocycles. The lowest BCUT2D eigenvalue weighted by atomic mass is 9.98. The molecular formula is C16H16ClF2NO. The molecule has 0 radical (unpaired) electrons. The highest BCUT2D eigenvalue weighted by Crippen LogP contribution is 2.28. The van der Waals surface area contributed by atoms with Gasteiger partial charge in [0.05, 0.1) is 12.1 Å². The number of halogens is 3. The first-order valence-electron chi connectivity index (χ1n) is 6.51. The lowest BCUT2D eigenvalue weighted by Gasteiger charge is -2.19. The van der Waals surface area contributed by atoms with Crippen LogP contribution < -0.4 is 10.1 Å². The molecule has 0 amide bonds. The van der Waals surface area contributed by atoms with Crippen LogP contribution in [0.5, 0.6) is 5.75 Å². The van der Waals surface area contributed by atoms with Crippen molar-refractivity contribution in [2.45, 2.75) is 12.5 Å². The van der Waals surface area contributed by atoms with Crippen LogP contribution >= 0.6 is 11.6 Å². The number of methoxy groups -OCH3 is 1. The fourth-order valence-corrected chi connectivity index (χ4v) is 2.43. The summed E-state index contributed by atoms with van der Waals surface area (Å²) in [5.41, 5.74) is 0.861. The minimum Gasteiger partial charge on any atom is -0.494 e. The summed E-state index contributed by atoms with van der Waals surface area (Å²) in [5, 5.41) is 3.05. The van der Waals surface area contributed by atoms with Crippen molar-refractivity contribution in [3.05, 3.63) is 64.2 Å². The minimum absolute atomic E-state index is 0.0545. The van der Waals surface area contributed by atoms with Gasteiger partial charge in [-0.05, 0) is 31.2 Å². The highest BCUT2D eigenvalue weighted by molar-refractivity contribution is 6.30. The molecule has 112 valence electrons. The van der Waals surface area contributed by atoms with Gasteiger partial charge in [0.2, 0.25) is 0 Å². The van der Waals surface area contributed by atoms with Crippen molar-refractivity contribution < 1.29 is 13.5 Å². The summed E-state index contributed by atoms with van der Waals surface area (Å²) in [7, 11) is 3.11. The van der Waals surface area contributed by atoms with Gasteiger partial charge in [0.25, 0.3) is 0 Å². The molecule has 0 aromatic heterocycles. The summed E-state index contributed by atoms with van der Waals surface area (Å²) in [6.07, 6.45) is 0.288. The molecule has 5 heteroatoms. The Balaban J connectivity index is 2.34. The van der Waals surface area contributed by atoms with Crippen LogP contribution in [0.3, 0.4) is 0 Å². The van der Waals surface area contributed by atoms with Crippen molar-refractivity contribution in [3.8, 4) is 5.75 Å². The van der Waals surface area contributed by atoms with Crippen LogP contribution in [0.4, 0.5) is 8.78 Å². The zero-order valence-corrected chi connectivity index (χ0v) is 12.5. The van der Waals surface area contributed by atoms with Crippen LogP contribution in [0.2, 0.25) is 5.02 Å². The first kappa shape index (κ1) is 15.7. The predicted molar refractivity (Wildman–Crippen MR) is 79.9 cm³/mol. The largest absolute Gasteiger partial charge is 0.494 e. The Kier molecular flexibility index (Phi) is 5.15. The average molecular weight is 312 g/mol. The van der Waals surface area contributed by atoms with Gasteiger partial charge in [-0.3, -0.25) is 0 Å². The number of ether oxygens (including phenoxy) is 1. The van der Waals surface area contributed by atoms with E-state index in [9.17, 15) is 8.78 Å². The van der Waals surface area contributed by atoms with Gasteiger partial charge in [-0.1, -0.05) is 35.9 Å². The molecule has 2 rings (SSSR count). The smallest absolute Gasteiger partial charge is 0.168 e. The third-order valence-corrected chi connectivity index (χ3v) is 3.68. The van der Waals surface area contributed by atoms with Gasteiger partial charge < -0.3 is 10.1 Å². The Labute approximate surface area is 127 Å². The summed E-state index contributed by atoms with van der Waals surface area (Å²) in [5.74, 6) is -0.738. The first-order valence-corrected chi connectivity index (χ1v) is 6.88. The Morgan fingerprint density at radius 3 is 2.52 bits per heavy atom. The first-order chi connectivity index (χ1) is 10.1. The molecule has 21 heavy (non-hydrogen) atoms. The lowest BCUT2D eigenvalue weighted by Crippen LogP contribution is -2.20. The van der Waals surface area contributed by atoms with E-state index in [0.717, 1.165) is 0 Å². The van der Waals surface area contributed by atoms with Gasteiger partial charge in [0.15, 0.2) is 11.6 Å². The Morgan fingerprint density at radius 2 is 1.86 bits per heavy atom. The highest BCUT2D eigenvalue weighted by Gasteiger charge is 2.19. The van der Waals surface area contributed by atoms with E-state index in [4.69, 9.17) is 16.3 Å². The molecule has 0 heterocycles. The minimum atomic E-state index is -0.484. The quantitative estimate of drug-likeness (QED) is 0.896. The third kappa shape index (κ3) is 3.34. The standard InChI is InChI=1S/C16H16ClF2NO/c1-20-13(11-6-4-7-12(17)16(11)19)9-10-5-3-8-14(21-2)15(10)18/h3-8,13,20H,9H2,1-2H3. The van der Waals surface area contributed by atoms with E-state index in [1.165, 1.54) is 13.2 Å². The monoisotopic (exact) mass is 311 g/mol. The predicted octanol–water partition coefficient (Wildman–Crippen LogP) is 4.13. The lowest BCUT2D eigenvalue weighted by molar-refractivity contribution is 0.382. The maximum Gasteiger partial charge on any atom is 0.168 e. The number of rotatable bonds is 5. The van der Waals surface area contributed by atoms with E-state index in [1.54, 1.807) is 37.4 Å². The number of hydrogen-bond donors (Lipinski definition) is 1. The molecule has 0 bridgehead atoms. The Morgan fingerprint density at radius 1 is 1.14 bits per heavy atom. The molecule has 1 unspecified atom stereocenters. The maximum atomic E-state index is 14.2. The summed E-state index contributed by atoms with van der Waals surface area (Å²) in [6, 6.07) is 9.33. The van der Waals surface area contributed by atoms with Gasteiger partial charge in [-0.25, -0.2) is 8.78 Å². The molecule has 0 aliphatic rings. The maximum absolute atomic E-state index is 14.2. The second kappa shape index (κ2) is 6.87. The van der Waals surface area contributed by atoms with E-state index in [2.05, 4.69) is 5.32 Å². The summed E-state index contributed by atoms with van der Waals surface area (Å²) in [4.78, 5) is 0. The van der Waals surface area contributed by atoms with Gasteiger partial charge >= 0.3 is 0 Å². The molecule has 2 aromatic rings. The second-order valence-corrected chi connectivity index (χ2v) is 5.03. The molecule has 0 saturated heterocycles. The van der Waals surface area contributed by atoms with Gasteiger partial charge in [0.1, 0.15) is 5.82 Å². The van der Waals surface area contributed by atoms with E-state index < -0.39 is 11.6 Å². The van der Waals surface area contributed by atoms with Crippen LogP contribution in [0, 0.1) is 11.6 Å². The van der Waals surface area contributed by atoms with E-state index in [-0.39, 0.29) is 23.2 Å². The van der Waals surface area contributed by atoms with E-state index in [0.29, 0.717) is 11.1 Å². The van der Waals surface area contributed by atoms with Gasteiger partial charge in [-0.2, -0.15) is 0 Å². The summed E-state index contributed by atoms with van der Waals surface area (Å²) >= 11 is 5.80. The molecule has 0 saturated carbocycles. The average Bonchev–Trinajstić information content (AvgIpc) is 2.49. The molecule has 1 atom stereocenters. The molecule has 0 fully saturated rings. The number of nitrogens with one attached hydrogen (secondary N) is 1. The number of likely N-dealkylation sites (N-methyl/N-ethyl adjacent to an activating group) is 1. The zero-order valence-electron chi connectivity index (χ0n) is 11.8. The van der Waals surface area contributed by atoms with Crippen LogP contribution in [0.25, 0.3) is 0 Å². The van der Waals surface area contributed by atoms with Crippen LogP contribution in [-0.2, 0) is 6.42 Å². The zero-order chi connectivity index (χ0) is 15.4. The summed E-state index contributed by atoms with van der Waals surface area (Å²) < 4.78 is 33.2. The molecule has 2 nitrogen and oxygen atoms in total. The molecular weight excluding hydrogens is 296 g/mol. The molecule has 0 aliphatic carbocycles. The van der Waals surface area contributed by atoms with Crippen molar-refractivity contribution in [1.82, 2.24) is 5.32 Å². The fraction of sp³-hybridized carbons (Fsp3) is 0.250. The van der Waals surface area contributed by atoms with E-state index >= 15 is 0 Å². The topological polar surface area (TPSA) is 21.3 Å². The fourth-order valence-electron chi connectivity index (χ4n) is 2.25. The molecule has 1 N–H and O–H groups in total. The van der Waals surface area contributed by atoms with Crippen molar-refractivity contribution >= 4 is 11.6 Å². The normalized spacial score (nSPS) is 12.2. The number of hydrogen-bond acceptors (Lipinski definition) is 2. The molecule has 0 spiro atoms. The number of benzene rings is 2. The van der Waals surface area contributed by atoms with Crippen LogP contribution in [0.1, 0.15) is 17.2 Å². The Hall–Kier alpha value is -1.65.